The van der Waals surface area contributed by atoms with Gasteiger partial charge < -0.3 is 19.1 Å². The summed E-state index contributed by atoms with van der Waals surface area (Å²) in [7, 11) is 0. The monoisotopic (exact) mass is 790 g/mol. The summed E-state index contributed by atoms with van der Waals surface area (Å²) in [5.41, 5.74) is 0. The van der Waals surface area contributed by atoms with Gasteiger partial charge in [-0.2, -0.15) is 0 Å². The largest absolute Gasteiger partial charge is 0.462 e. The summed E-state index contributed by atoms with van der Waals surface area (Å²) >= 11 is 0. The fourth-order valence-corrected chi connectivity index (χ4v) is 6.97. The summed E-state index contributed by atoms with van der Waals surface area (Å²) in [4.78, 5) is 40.3. The molecule has 0 aromatic heterocycles. The third-order valence-corrected chi connectivity index (χ3v) is 10.4. The molecule has 0 aromatic rings. The van der Waals surface area contributed by atoms with Crippen molar-refractivity contribution >= 4 is 17.9 Å². The van der Waals surface area contributed by atoms with Crippen LogP contribution in [0.2, 0.25) is 0 Å². The molecule has 0 atom stereocenters. The number of hydrogen-bond acceptors (Lipinski definition) is 7. The number of carbonyl (C=O) groups excluding carboxylic acids is 3. The number of carbonyl (C=O) groups is 3. The first-order valence-corrected chi connectivity index (χ1v) is 24.0. The molecular formula is C49H91NO6. The molecule has 0 fully saturated rings. The highest BCUT2D eigenvalue weighted by molar-refractivity contribution is 5.71. The molecule has 7 heteroatoms. The van der Waals surface area contributed by atoms with Crippen LogP contribution in [0.25, 0.3) is 0 Å². The molecule has 0 aliphatic heterocycles. The van der Waals surface area contributed by atoms with E-state index < -0.39 is 6.10 Å². The zero-order chi connectivity index (χ0) is 41.0. The first-order valence-electron chi connectivity index (χ1n) is 24.0. The predicted octanol–water partition coefficient (Wildman–Crippen LogP) is 14.0. The van der Waals surface area contributed by atoms with Gasteiger partial charge in [-0.25, -0.2) is 0 Å². The van der Waals surface area contributed by atoms with Crippen LogP contribution in [-0.4, -0.2) is 61.8 Å². The Morgan fingerprint density at radius 3 is 1.11 bits per heavy atom. The lowest BCUT2D eigenvalue weighted by atomic mass is 10.1. The van der Waals surface area contributed by atoms with E-state index in [-0.39, 0.29) is 37.5 Å². The van der Waals surface area contributed by atoms with Crippen molar-refractivity contribution in [2.24, 2.45) is 0 Å². The van der Waals surface area contributed by atoms with Gasteiger partial charge in [0.2, 0.25) is 0 Å². The SMILES string of the molecule is CCCCCCCCC=CCCCCCCCC(=O)OCC(COC(=O)CCCCCCCC=CCCCCCCCC)OC(=O)CCCN(CCC)CCC. The van der Waals surface area contributed by atoms with Crippen molar-refractivity contribution in [1.29, 1.82) is 0 Å². The molecule has 0 aliphatic carbocycles. The summed E-state index contributed by atoms with van der Waals surface area (Å²) in [5.74, 6) is -0.930. The van der Waals surface area contributed by atoms with Gasteiger partial charge in [-0.05, 0) is 103 Å². The third kappa shape index (κ3) is 40.1. The highest BCUT2D eigenvalue weighted by Gasteiger charge is 2.20. The summed E-state index contributed by atoms with van der Waals surface area (Å²) in [6.45, 7) is 11.6. The molecule has 0 heterocycles. The van der Waals surface area contributed by atoms with E-state index in [4.69, 9.17) is 14.2 Å². The van der Waals surface area contributed by atoms with Crippen molar-refractivity contribution in [2.45, 2.75) is 239 Å². The van der Waals surface area contributed by atoms with E-state index in [1.807, 2.05) is 0 Å². The van der Waals surface area contributed by atoms with Crippen molar-refractivity contribution in [1.82, 2.24) is 4.90 Å². The molecule has 0 amide bonds. The van der Waals surface area contributed by atoms with Crippen molar-refractivity contribution < 1.29 is 28.6 Å². The average Bonchev–Trinajstić information content (AvgIpc) is 3.19. The van der Waals surface area contributed by atoms with E-state index in [1.165, 1.54) is 116 Å². The molecular weight excluding hydrogens is 699 g/mol. The third-order valence-electron chi connectivity index (χ3n) is 10.4. The second kappa shape index (κ2) is 44.0. The number of esters is 3. The minimum atomic E-state index is -0.791. The maximum atomic E-state index is 12.8. The number of allylic oxidation sites excluding steroid dienone is 4. The van der Waals surface area contributed by atoms with E-state index >= 15 is 0 Å². The van der Waals surface area contributed by atoms with Gasteiger partial charge in [0, 0.05) is 19.3 Å². The lowest BCUT2D eigenvalue weighted by Gasteiger charge is -2.21. The fourth-order valence-electron chi connectivity index (χ4n) is 6.97. The van der Waals surface area contributed by atoms with Crippen LogP contribution in [0.15, 0.2) is 24.3 Å². The summed E-state index contributed by atoms with van der Waals surface area (Å²) < 4.78 is 16.7. The lowest BCUT2D eigenvalue weighted by molar-refractivity contribution is -0.167. The summed E-state index contributed by atoms with van der Waals surface area (Å²) in [5, 5.41) is 0. The standard InChI is InChI=1S/C49H91NO6/c1-5-9-11-13-15-17-19-21-23-25-27-29-31-33-35-38-47(51)54-44-46(56-49(53)40-37-43-50(41-7-3)42-8-4)45-55-48(52)39-36-34-32-30-28-26-24-22-20-18-16-14-12-10-6-2/h21-24,46H,5-20,25-45H2,1-4H3. The van der Waals surface area contributed by atoms with Crippen LogP contribution in [-0.2, 0) is 28.6 Å². The van der Waals surface area contributed by atoms with Gasteiger partial charge >= 0.3 is 17.9 Å². The highest BCUT2D eigenvalue weighted by atomic mass is 16.6. The van der Waals surface area contributed by atoms with E-state index in [0.29, 0.717) is 19.3 Å². The Balaban J connectivity index is 4.38. The predicted molar refractivity (Wildman–Crippen MR) is 237 cm³/mol. The summed E-state index contributed by atoms with van der Waals surface area (Å²) in [6.07, 6.45) is 43.7. The molecule has 0 bridgehead atoms. The first kappa shape index (κ1) is 53.9. The van der Waals surface area contributed by atoms with E-state index in [0.717, 1.165) is 83.8 Å². The van der Waals surface area contributed by atoms with Gasteiger partial charge in [0.15, 0.2) is 6.10 Å². The molecule has 56 heavy (non-hydrogen) atoms. The smallest absolute Gasteiger partial charge is 0.306 e. The van der Waals surface area contributed by atoms with Crippen molar-refractivity contribution in [3.8, 4) is 0 Å². The zero-order valence-electron chi connectivity index (χ0n) is 37.4. The van der Waals surface area contributed by atoms with Gasteiger partial charge in [0.25, 0.3) is 0 Å². The van der Waals surface area contributed by atoms with Crippen LogP contribution >= 0.6 is 0 Å². The van der Waals surface area contributed by atoms with Crippen LogP contribution in [0, 0.1) is 0 Å². The molecule has 0 aromatic carbocycles. The maximum Gasteiger partial charge on any atom is 0.306 e. The van der Waals surface area contributed by atoms with Crippen LogP contribution in [0.1, 0.15) is 233 Å². The Bertz CT molecular complexity index is 872. The lowest BCUT2D eigenvalue weighted by Crippen LogP contribution is -2.31. The molecule has 328 valence electrons. The Morgan fingerprint density at radius 1 is 0.393 bits per heavy atom. The van der Waals surface area contributed by atoms with Gasteiger partial charge in [-0.1, -0.05) is 155 Å². The number of hydrogen-bond donors (Lipinski definition) is 0. The van der Waals surface area contributed by atoms with Gasteiger partial charge in [0.05, 0.1) is 0 Å². The number of nitrogens with zero attached hydrogens (tertiary/aromatic N) is 1. The normalized spacial score (nSPS) is 12.2. The minimum absolute atomic E-state index is 0.0892. The van der Waals surface area contributed by atoms with Crippen LogP contribution in [0.5, 0.6) is 0 Å². The molecule has 0 N–H and O–H groups in total. The molecule has 0 spiro atoms. The van der Waals surface area contributed by atoms with E-state index in [2.05, 4.69) is 56.9 Å². The number of rotatable bonds is 43. The molecule has 0 rings (SSSR count). The van der Waals surface area contributed by atoms with Gasteiger partial charge in [0.1, 0.15) is 13.2 Å². The molecule has 0 aliphatic rings. The van der Waals surface area contributed by atoms with Gasteiger partial charge in [-0.3, -0.25) is 14.4 Å². The van der Waals surface area contributed by atoms with E-state index in [9.17, 15) is 14.4 Å². The second-order valence-electron chi connectivity index (χ2n) is 16.1. The van der Waals surface area contributed by atoms with Crippen molar-refractivity contribution in [2.75, 3.05) is 32.8 Å². The Labute approximate surface area is 346 Å². The highest BCUT2D eigenvalue weighted by Crippen LogP contribution is 2.13. The topological polar surface area (TPSA) is 82.1 Å². The van der Waals surface area contributed by atoms with Crippen molar-refractivity contribution in [3.05, 3.63) is 24.3 Å². The van der Waals surface area contributed by atoms with E-state index in [1.54, 1.807) is 0 Å². The number of ether oxygens (including phenoxy) is 3. The minimum Gasteiger partial charge on any atom is -0.462 e. The molecule has 0 saturated carbocycles. The Hall–Kier alpha value is -2.15. The van der Waals surface area contributed by atoms with Crippen molar-refractivity contribution in [3.63, 3.8) is 0 Å². The Morgan fingerprint density at radius 2 is 0.732 bits per heavy atom. The quantitative estimate of drug-likeness (QED) is 0.0263. The van der Waals surface area contributed by atoms with Crippen LogP contribution in [0.4, 0.5) is 0 Å². The number of unbranched alkanes of at least 4 members (excludes halogenated alkanes) is 22. The zero-order valence-corrected chi connectivity index (χ0v) is 37.4. The molecule has 0 unspecified atom stereocenters. The Kier molecular flexibility index (Phi) is 42.3. The maximum absolute atomic E-state index is 12.8. The van der Waals surface area contributed by atoms with Gasteiger partial charge in [-0.15, -0.1) is 0 Å². The second-order valence-corrected chi connectivity index (χ2v) is 16.1. The molecule has 7 nitrogen and oxygen atoms in total. The summed E-state index contributed by atoms with van der Waals surface area (Å²) in [6, 6.07) is 0. The first-order chi connectivity index (χ1) is 27.5. The van der Waals surface area contributed by atoms with Crippen LogP contribution in [0.3, 0.4) is 0 Å². The molecule has 0 saturated heterocycles. The fraction of sp³-hybridized carbons (Fsp3) is 0.857. The molecule has 0 radical (unpaired) electrons. The average molecular weight is 790 g/mol. The van der Waals surface area contributed by atoms with Crippen LogP contribution < -0.4 is 0 Å².